The highest BCUT2D eigenvalue weighted by Crippen LogP contribution is 2.53. The first-order valence-electron chi connectivity index (χ1n) is 8.01. The molecule has 1 saturated heterocycles. The van der Waals surface area contributed by atoms with Crippen LogP contribution in [0.2, 0.25) is 0 Å². The van der Waals surface area contributed by atoms with Crippen molar-refractivity contribution >= 4 is 11.8 Å². The number of ether oxygens (including phenoxy) is 1. The summed E-state index contributed by atoms with van der Waals surface area (Å²) in [4.78, 5) is 24.3. The van der Waals surface area contributed by atoms with Gasteiger partial charge in [-0.05, 0) is 49.9 Å². The van der Waals surface area contributed by atoms with Crippen LogP contribution < -0.4 is 5.32 Å². The number of rotatable bonds is 2. The Balaban J connectivity index is 1.83. The van der Waals surface area contributed by atoms with Crippen molar-refractivity contribution in [2.75, 3.05) is 7.11 Å². The average molecular weight is 279 g/mol. The van der Waals surface area contributed by atoms with Crippen molar-refractivity contribution in [2.24, 2.45) is 17.3 Å². The molecule has 3 aliphatic rings. The van der Waals surface area contributed by atoms with Crippen LogP contribution in [0.1, 0.15) is 57.8 Å². The largest absolute Gasteiger partial charge is 0.381 e. The number of imide groups is 1. The molecule has 4 heteroatoms. The second kappa shape index (κ2) is 5.47. The molecule has 1 heterocycles. The molecular formula is C16H25NO3. The summed E-state index contributed by atoms with van der Waals surface area (Å²) in [7, 11) is 1.76. The maximum Gasteiger partial charge on any atom is 0.230 e. The summed E-state index contributed by atoms with van der Waals surface area (Å²) in [6.07, 6.45) is 9.53. The van der Waals surface area contributed by atoms with Crippen LogP contribution >= 0.6 is 0 Å². The van der Waals surface area contributed by atoms with Gasteiger partial charge in [-0.1, -0.05) is 12.8 Å². The van der Waals surface area contributed by atoms with Gasteiger partial charge in [-0.25, -0.2) is 0 Å². The van der Waals surface area contributed by atoms with Crippen LogP contribution in [-0.4, -0.2) is 25.0 Å². The van der Waals surface area contributed by atoms with E-state index in [0.717, 1.165) is 38.5 Å². The Hall–Kier alpha value is -0.900. The van der Waals surface area contributed by atoms with Crippen LogP contribution in [0.4, 0.5) is 0 Å². The van der Waals surface area contributed by atoms with Gasteiger partial charge in [0.15, 0.2) is 0 Å². The first kappa shape index (κ1) is 14.1. The Morgan fingerprint density at radius 2 is 1.75 bits per heavy atom. The van der Waals surface area contributed by atoms with Crippen molar-refractivity contribution in [2.45, 2.75) is 63.9 Å². The van der Waals surface area contributed by atoms with E-state index in [2.05, 4.69) is 5.32 Å². The quantitative estimate of drug-likeness (QED) is 0.790. The van der Waals surface area contributed by atoms with Gasteiger partial charge in [0.2, 0.25) is 11.8 Å². The van der Waals surface area contributed by atoms with E-state index in [4.69, 9.17) is 4.74 Å². The average Bonchev–Trinajstić information content (AvgIpc) is 2.92. The van der Waals surface area contributed by atoms with Gasteiger partial charge in [-0.15, -0.1) is 0 Å². The zero-order valence-electron chi connectivity index (χ0n) is 12.3. The molecule has 0 aromatic heterocycles. The fraction of sp³-hybridized carbons (Fsp3) is 0.875. The molecule has 112 valence electrons. The smallest absolute Gasteiger partial charge is 0.230 e. The molecule has 1 spiro atoms. The lowest BCUT2D eigenvalue weighted by molar-refractivity contribution is -0.150. The molecule has 0 aromatic carbocycles. The molecule has 2 saturated carbocycles. The number of nitrogens with one attached hydrogen (secondary N) is 1. The minimum absolute atomic E-state index is 0.00372. The minimum atomic E-state index is -0.0799. The van der Waals surface area contributed by atoms with Gasteiger partial charge >= 0.3 is 0 Å². The summed E-state index contributed by atoms with van der Waals surface area (Å²) in [5, 5.41) is 2.59. The van der Waals surface area contributed by atoms with Crippen LogP contribution in [0, 0.1) is 17.3 Å². The van der Waals surface area contributed by atoms with E-state index >= 15 is 0 Å². The van der Waals surface area contributed by atoms with Crippen molar-refractivity contribution < 1.29 is 14.3 Å². The van der Waals surface area contributed by atoms with Gasteiger partial charge in [0, 0.05) is 19.4 Å². The Bertz CT molecular complexity index is 393. The molecule has 20 heavy (non-hydrogen) atoms. The predicted molar refractivity (Wildman–Crippen MR) is 74.9 cm³/mol. The minimum Gasteiger partial charge on any atom is -0.381 e. The van der Waals surface area contributed by atoms with Gasteiger partial charge in [-0.3, -0.25) is 14.9 Å². The standard InChI is InChI=1S/C16H25NO3/c1-20-12-6-8-16(9-7-12)10-13(18)17-15(19)14(16)11-4-2-3-5-11/h11-12,14H,2-10H2,1H3,(H,17,18,19). The van der Waals surface area contributed by atoms with Crippen LogP contribution in [0.5, 0.6) is 0 Å². The molecule has 1 aliphatic heterocycles. The molecule has 0 aromatic rings. The van der Waals surface area contributed by atoms with Crippen LogP contribution in [0.3, 0.4) is 0 Å². The lowest BCUT2D eigenvalue weighted by atomic mass is 9.58. The van der Waals surface area contributed by atoms with E-state index in [1.165, 1.54) is 12.8 Å². The van der Waals surface area contributed by atoms with Crippen LogP contribution in [0.25, 0.3) is 0 Å². The third-order valence-corrected chi connectivity index (χ3v) is 5.85. The van der Waals surface area contributed by atoms with Gasteiger partial charge in [-0.2, -0.15) is 0 Å². The van der Waals surface area contributed by atoms with E-state index in [-0.39, 0.29) is 23.1 Å². The van der Waals surface area contributed by atoms with E-state index in [9.17, 15) is 9.59 Å². The summed E-state index contributed by atoms with van der Waals surface area (Å²) in [6, 6.07) is 0. The van der Waals surface area contributed by atoms with Gasteiger partial charge in [0.25, 0.3) is 0 Å². The first-order valence-corrected chi connectivity index (χ1v) is 8.01. The number of piperidine rings is 1. The molecule has 0 radical (unpaired) electrons. The monoisotopic (exact) mass is 279 g/mol. The summed E-state index contributed by atoms with van der Waals surface area (Å²) >= 11 is 0. The molecular weight excluding hydrogens is 254 g/mol. The summed E-state index contributed by atoms with van der Waals surface area (Å²) < 4.78 is 5.45. The third kappa shape index (κ3) is 2.39. The maximum atomic E-state index is 12.5. The van der Waals surface area contributed by atoms with Crippen molar-refractivity contribution in [3.63, 3.8) is 0 Å². The molecule has 2 amide bonds. The van der Waals surface area contributed by atoms with Gasteiger partial charge < -0.3 is 4.74 Å². The van der Waals surface area contributed by atoms with E-state index in [0.29, 0.717) is 18.4 Å². The molecule has 1 unspecified atom stereocenters. The van der Waals surface area contributed by atoms with Gasteiger partial charge in [0.1, 0.15) is 0 Å². The van der Waals surface area contributed by atoms with E-state index in [1.54, 1.807) is 7.11 Å². The van der Waals surface area contributed by atoms with Crippen molar-refractivity contribution in [3.8, 4) is 0 Å². The van der Waals surface area contributed by atoms with Gasteiger partial charge in [0.05, 0.1) is 6.10 Å². The van der Waals surface area contributed by atoms with Crippen molar-refractivity contribution in [1.29, 1.82) is 0 Å². The third-order valence-electron chi connectivity index (χ3n) is 5.85. The summed E-state index contributed by atoms with van der Waals surface area (Å²) in [5.41, 5.74) is -0.0799. The Morgan fingerprint density at radius 3 is 2.35 bits per heavy atom. The molecule has 1 atom stereocenters. The Labute approximate surface area is 120 Å². The number of hydrogen-bond donors (Lipinski definition) is 1. The fourth-order valence-electron chi connectivity index (χ4n) is 4.86. The van der Waals surface area contributed by atoms with Crippen LogP contribution in [-0.2, 0) is 14.3 Å². The number of carbonyl (C=O) groups excluding carboxylic acids is 2. The lowest BCUT2D eigenvalue weighted by Crippen LogP contribution is -2.55. The second-order valence-electron chi connectivity index (χ2n) is 6.91. The van der Waals surface area contributed by atoms with E-state index in [1.807, 2.05) is 0 Å². The Morgan fingerprint density at radius 1 is 1.10 bits per heavy atom. The summed E-state index contributed by atoms with van der Waals surface area (Å²) in [5.74, 6) is 0.479. The van der Waals surface area contributed by atoms with Crippen molar-refractivity contribution in [3.05, 3.63) is 0 Å². The predicted octanol–water partition coefficient (Wildman–Crippen LogP) is 2.41. The van der Waals surface area contributed by atoms with Crippen molar-refractivity contribution in [1.82, 2.24) is 5.32 Å². The first-order chi connectivity index (χ1) is 9.64. The zero-order valence-corrected chi connectivity index (χ0v) is 12.3. The lowest BCUT2D eigenvalue weighted by Gasteiger charge is -2.48. The highest BCUT2D eigenvalue weighted by atomic mass is 16.5. The highest BCUT2D eigenvalue weighted by molar-refractivity contribution is 5.99. The SMILES string of the molecule is COC1CCC2(CC1)CC(=O)NC(=O)C2C1CCCC1. The molecule has 1 N–H and O–H groups in total. The fourth-order valence-corrected chi connectivity index (χ4v) is 4.86. The molecule has 3 rings (SSSR count). The number of carbonyl (C=O) groups is 2. The van der Waals surface area contributed by atoms with E-state index < -0.39 is 0 Å². The zero-order chi connectivity index (χ0) is 14.2. The number of amides is 2. The maximum absolute atomic E-state index is 12.5. The second-order valence-corrected chi connectivity index (χ2v) is 6.91. The molecule has 3 fully saturated rings. The number of hydrogen-bond acceptors (Lipinski definition) is 3. The molecule has 2 aliphatic carbocycles. The highest BCUT2D eigenvalue weighted by Gasteiger charge is 2.52. The summed E-state index contributed by atoms with van der Waals surface area (Å²) in [6.45, 7) is 0. The molecule has 4 nitrogen and oxygen atoms in total. The molecule has 0 bridgehead atoms. The topological polar surface area (TPSA) is 55.4 Å². The Kier molecular flexibility index (Phi) is 3.85. The normalized spacial score (nSPS) is 39.2. The van der Waals surface area contributed by atoms with Crippen LogP contribution in [0.15, 0.2) is 0 Å². The number of methoxy groups -OCH3 is 1.